The summed E-state index contributed by atoms with van der Waals surface area (Å²) < 4.78 is 0. The van der Waals surface area contributed by atoms with Gasteiger partial charge in [-0.25, -0.2) is 0 Å². The van der Waals surface area contributed by atoms with E-state index in [0.717, 1.165) is 19.3 Å². The summed E-state index contributed by atoms with van der Waals surface area (Å²) in [6.45, 7) is 6.46. The number of halogens is 1. The number of fused-ring (bicyclic) bond motifs is 3. The summed E-state index contributed by atoms with van der Waals surface area (Å²) in [5.74, 6) is 0.729. The summed E-state index contributed by atoms with van der Waals surface area (Å²) in [6.07, 6.45) is 2.98. The Labute approximate surface area is 85.9 Å². The lowest BCUT2D eigenvalue weighted by atomic mass is 9.64. The molecule has 2 nitrogen and oxygen atoms in total. The lowest BCUT2D eigenvalue weighted by Gasteiger charge is -2.54. The summed E-state index contributed by atoms with van der Waals surface area (Å²) in [4.78, 5) is 11.6. The molecule has 2 bridgehead atoms. The number of ketones is 1. The molecule has 1 saturated carbocycles. The second-order valence-electron chi connectivity index (χ2n) is 5.14. The van der Waals surface area contributed by atoms with Crippen LogP contribution in [-0.4, -0.2) is 16.9 Å². The Morgan fingerprint density at radius 3 is 2.38 bits per heavy atom. The van der Waals surface area contributed by atoms with Crippen molar-refractivity contribution >= 4 is 18.2 Å². The third kappa shape index (κ3) is 1.62. The second-order valence-corrected chi connectivity index (χ2v) is 5.14. The van der Waals surface area contributed by atoms with Gasteiger partial charge in [0.05, 0.1) is 0 Å². The molecule has 0 aromatic heterocycles. The molecule has 0 spiro atoms. The van der Waals surface area contributed by atoms with Crippen LogP contribution in [0.5, 0.6) is 0 Å². The van der Waals surface area contributed by atoms with Crippen molar-refractivity contribution < 1.29 is 4.79 Å². The summed E-state index contributed by atoms with van der Waals surface area (Å²) in [7, 11) is 0. The number of nitrogens with one attached hydrogen (secondary N) is 1. The molecule has 3 rings (SSSR count). The smallest absolute Gasteiger partial charge is 0.139 e. The highest BCUT2D eigenvalue weighted by Gasteiger charge is 2.51. The molecule has 2 heterocycles. The maximum atomic E-state index is 11.6. The van der Waals surface area contributed by atoms with Crippen LogP contribution in [0.3, 0.4) is 0 Å². The largest absolute Gasteiger partial charge is 0.305 e. The zero-order valence-corrected chi connectivity index (χ0v) is 9.33. The highest BCUT2D eigenvalue weighted by Crippen LogP contribution is 2.42. The standard InChI is InChI=1S/C10H17NO.ClH/c1-9(2)7-4-5-10(3,11-9)6-8(7)12;/h7,11H,4-6H2,1-3H3;1H. The van der Waals surface area contributed by atoms with E-state index in [1.54, 1.807) is 0 Å². The van der Waals surface area contributed by atoms with Gasteiger partial charge in [0.15, 0.2) is 0 Å². The molecule has 2 unspecified atom stereocenters. The van der Waals surface area contributed by atoms with Gasteiger partial charge < -0.3 is 5.32 Å². The van der Waals surface area contributed by atoms with Crippen LogP contribution in [-0.2, 0) is 4.79 Å². The lowest BCUT2D eigenvalue weighted by Crippen LogP contribution is -2.68. The van der Waals surface area contributed by atoms with Crippen LogP contribution >= 0.6 is 12.4 Å². The van der Waals surface area contributed by atoms with E-state index >= 15 is 0 Å². The predicted octanol–water partition coefficient (Wildman–Crippen LogP) is 1.92. The average Bonchev–Trinajstić information content (AvgIpc) is 1.80. The summed E-state index contributed by atoms with van der Waals surface area (Å²) in [5, 5.41) is 3.58. The highest BCUT2D eigenvalue weighted by molar-refractivity contribution is 5.85. The van der Waals surface area contributed by atoms with E-state index in [9.17, 15) is 4.79 Å². The quantitative estimate of drug-likeness (QED) is 0.652. The normalized spacial score (nSPS) is 41.5. The maximum absolute atomic E-state index is 11.6. The number of carbonyl (C=O) groups is 1. The molecule has 0 aromatic rings. The number of hydrogen-bond acceptors (Lipinski definition) is 2. The van der Waals surface area contributed by atoms with Gasteiger partial charge in [-0.1, -0.05) is 0 Å². The van der Waals surface area contributed by atoms with E-state index in [2.05, 4.69) is 26.1 Å². The van der Waals surface area contributed by atoms with E-state index in [4.69, 9.17) is 0 Å². The Morgan fingerprint density at radius 2 is 2.00 bits per heavy atom. The molecule has 0 aromatic carbocycles. The van der Waals surface area contributed by atoms with Crippen molar-refractivity contribution in [1.29, 1.82) is 0 Å². The molecule has 76 valence electrons. The van der Waals surface area contributed by atoms with Gasteiger partial charge >= 0.3 is 0 Å². The molecule has 3 aliphatic rings. The minimum atomic E-state index is 0. The van der Waals surface area contributed by atoms with Crippen LogP contribution in [0.25, 0.3) is 0 Å². The zero-order valence-electron chi connectivity index (χ0n) is 8.52. The van der Waals surface area contributed by atoms with Crippen molar-refractivity contribution in [1.82, 2.24) is 5.32 Å². The van der Waals surface area contributed by atoms with Crippen LogP contribution in [0.1, 0.15) is 40.0 Å². The molecule has 1 N–H and O–H groups in total. The minimum Gasteiger partial charge on any atom is -0.305 e. The Hall–Kier alpha value is -0.0800. The summed E-state index contributed by atoms with van der Waals surface area (Å²) >= 11 is 0. The summed E-state index contributed by atoms with van der Waals surface area (Å²) in [6, 6.07) is 0. The van der Waals surface area contributed by atoms with Crippen molar-refractivity contribution in [2.75, 3.05) is 0 Å². The molecule has 3 heteroatoms. The molecule has 1 aliphatic carbocycles. The van der Waals surface area contributed by atoms with Crippen LogP contribution < -0.4 is 5.32 Å². The number of rotatable bonds is 0. The third-order valence-corrected chi connectivity index (χ3v) is 3.43. The topological polar surface area (TPSA) is 29.1 Å². The fraction of sp³-hybridized carbons (Fsp3) is 0.900. The number of Topliss-reactive ketones (excluding diaryl/α,β-unsaturated/α-hetero) is 1. The number of carbonyl (C=O) groups excluding carboxylic acids is 1. The molecule has 0 amide bonds. The molecule has 2 atom stereocenters. The van der Waals surface area contributed by atoms with Gasteiger partial charge in [0.2, 0.25) is 0 Å². The van der Waals surface area contributed by atoms with Gasteiger partial charge in [0.1, 0.15) is 5.78 Å². The van der Waals surface area contributed by atoms with Crippen molar-refractivity contribution in [2.45, 2.75) is 51.1 Å². The first-order valence-electron chi connectivity index (χ1n) is 4.75. The lowest BCUT2D eigenvalue weighted by molar-refractivity contribution is -0.135. The molecule has 2 saturated heterocycles. The van der Waals surface area contributed by atoms with Crippen molar-refractivity contribution in [2.24, 2.45) is 5.92 Å². The van der Waals surface area contributed by atoms with Crippen molar-refractivity contribution in [3.63, 3.8) is 0 Å². The second kappa shape index (κ2) is 2.96. The molecule has 0 radical (unpaired) electrons. The Morgan fingerprint density at radius 1 is 1.38 bits per heavy atom. The van der Waals surface area contributed by atoms with Gasteiger partial charge in [-0.05, 0) is 33.6 Å². The van der Waals surface area contributed by atoms with Gasteiger partial charge in [0.25, 0.3) is 0 Å². The van der Waals surface area contributed by atoms with Crippen LogP contribution in [0.2, 0.25) is 0 Å². The van der Waals surface area contributed by atoms with Gasteiger partial charge in [-0.3, -0.25) is 4.79 Å². The summed E-state index contributed by atoms with van der Waals surface area (Å²) in [5.41, 5.74) is 0.123. The maximum Gasteiger partial charge on any atom is 0.139 e. The highest BCUT2D eigenvalue weighted by atomic mass is 35.5. The van der Waals surface area contributed by atoms with E-state index in [-0.39, 0.29) is 29.4 Å². The molecular weight excluding hydrogens is 186 g/mol. The molecule has 3 fully saturated rings. The SMILES string of the molecule is CC12CCC(C(=O)C1)C(C)(C)N2.Cl. The van der Waals surface area contributed by atoms with Crippen LogP contribution in [0, 0.1) is 5.92 Å². The van der Waals surface area contributed by atoms with Crippen molar-refractivity contribution in [3.05, 3.63) is 0 Å². The van der Waals surface area contributed by atoms with E-state index in [0.29, 0.717) is 5.78 Å². The van der Waals surface area contributed by atoms with Crippen molar-refractivity contribution in [3.8, 4) is 0 Å². The minimum absolute atomic E-state index is 0. The predicted molar refractivity (Wildman–Crippen MR) is 55.2 cm³/mol. The zero-order chi connectivity index (χ0) is 8.98. The monoisotopic (exact) mass is 203 g/mol. The third-order valence-electron chi connectivity index (χ3n) is 3.43. The van der Waals surface area contributed by atoms with Gasteiger partial charge in [-0.15, -0.1) is 12.4 Å². The fourth-order valence-electron chi connectivity index (χ4n) is 2.95. The average molecular weight is 204 g/mol. The Bertz CT molecular complexity index is 236. The molecule has 13 heavy (non-hydrogen) atoms. The fourth-order valence-corrected chi connectivity index (χ4v) is 2.95. The van der Waals surface area contributed by atoms with E-state index in [1.807, 2.05) is 0 Å². The van der Waals surface area contributed by atoms with Crippen LogP contribution in [0.15, 0.2) is 0 Å². The number of piperidine rings is 2. The van der Waals surface area contributed by atoms with Crippen LogP contribution in [0.4, 0.5) is 0 Å². The van der Waals surface area contributed by atoms with Gasteiger partial charge in [-0.2, -0.15) is 0 Å². The van der Waals surface area contributed by atoms with Gasteiger partial charge in [0, 0.05) is 23.4 Å². The number of hydrogen-bond donors (Lipinski definition) is 1. The molecular formula is C10H18ClNO. The molecule has 2 aliphatic heterocycles. The van der Waals surface area contributed by atoms with E-state index < -0.39 is 0 Å². The first-order chi connectivity index (χ1) is 5.43. The first kappa shape index (κ1) is 11.0. The Balaban J connectivity index is 0.000000845. The van der Waals surface area contributed by atoms with E-state index in [1.165, 1.54) is 0 Å². The first-order valence-corrected chi connectivity index (χ1v) is 4.75. The Kier molecular flexibility index (Phi) is 2.50.